The number of hydrogen-bond acceptors (Lipinski definition) is 3. The minimum absolute atomic E-state index is 0.0152. The summed E-state index contributed by atoms with van der Waals surface area (Å²) < 4.78 is 2.06. The SMILES string of the molecule is CC(=O)[C@@H](NC(=O)CN(I)CC1CC1(C)C)C1CCCCC1. The van der Waals surface area contributed by atoms with Crippen LogP contribution < -0.4 is 5.32 Å². The zero-order valence-electron chi connectivity index (χ0n) is 14.0. The van der Waals surface area contributed by atoms with Crippen molar-refractivity contribution in [3.8, 4) is 0 Å². The van der Waals surface area contributed by atoms with Gasteiger partial charge in [-0.2, -0.15) is 0 Å². The van der Waals surface area contributed by atoms with Crippen molar-refractivity contribution in [3.05, 3.63) is 0 Å². The van der Waals surface area contributed by atoms with Crippen LogP contribution in [0.5, 0.6) is 0 Å². The molecule has 2 fully saturated rings. The Bertz CT molecular complexity index is 419. The molecule has 2 rings (SSSR count). The van der Waals surface area contributed by atoms with Gasteiger partial charge in [-0.25, -0.2) is 3.11 Å². The zero-order valence-corrected chi connectivity index (χ0v) is 16.2. The second kappa shape index (κ2) is 7.60. The van der Waals surface area contributed by atoms with E-state index in [0.29, 0.717) is 23.8 Å². The average molecular weight is 420 g/mol. The number of ketones is 1. The van der Waals surface area contributed by atoms with E-state index in [0.717, 1.165) is 19.4 Å². The second-order valence-corrected chi connectivity index (χ2v) is 9.11. The number of amides is 1. The fourth-order valence-electron chi connectivity index (χ4n) is 3.59. The molecule has 2 atom stereocenters. The summed E-state index contributed by atoms with van der Waals surface area (Å²) in [6.07, 6.45) is 6.99. The van der Waals surface area contributed by atoms with Crippen LogP contribution in [0, 0.1) is 17.3 Å². The lowest BCUT2D eigenvalue weighted by Gasteiger charge is -2.29. The van der Waals surface area contributed by atoms with E-state index in [1.54, 1.807) is 6.92 Å². The lowest BCUT2D eigenvalue weighted by Crippen LogP contribution is -2.48. The van der Waals surface area contributed by atoms with Gasteiger partial charge in [0.05, 0.1) is 12.6 Å². The standard InChI is InChI=1S/C17H29IN2O2/c1-12(21)16(13-7-5-4-6-8-13)19-15(22)11-20(18)10-14-9-17(14,2)3/h13-14,16H,4-11H2,1-3H3,(H,19,22)/t14?,16-/m1/s1. The highest BCUT2D eigenvalue weighted by atomic mass is 127. The Labute approximate surface area is 148 Å². The molecular formula is C17H29IN2O2. The molecule has 1 unspecified atom stereocenters. The Morgan fingerprint density at radius 3 is 2.36 bits per heavy atom. The first-order valence-electron chi connectivity index (χ1n) is 8.50. The van der Waals surface area contributed by atoms with Crippen LogP contribution in [0.3, 0.4) is 0 Å². The van der Waals surface area contributed by atoms with E-state index in [2.05, 4.69) is 45.1 Å². The molecule has 0 aromatic rings. The van der Waals surface area contributed by atoms with Gasteiger partial charge in [-0.05, 0) is 43.4 Å². The van der Waals surface area contributed by atoms with Gasteiger partial charge in [-0.15, -0.1) is 0 Å². The predicted molar refractivity (Wildman–Crippen MR) is 96.7 cm³/mol. The molecule has 5 heteroatoms. The fourth-order valence-corrected chi connectivity index (χ4v) is 4.37. The molecule has 0 aromatic heterocycles. The van der Waals surface area contributed by atoms with E-state index in [4.69, 9.17) is 0 Å². The van der Waals surface area contributed by atoms with Gasteiger partial charge in [0.25, 0.3) is 0 Å². The van der Waals surface area contributed by atoms with Crippen LogP contribution in [0.2, 0.25) is 0 Å². The number of carbonyl (C=O) groups is 2. The molecule has 0 aromatic carbocycles. The van der Waals surface area contributed by atoms with Crippen molar-refractivity contribution in [3.63, 3.8) is 0 Å². The zero-order chi connectivity index (χ0) is 16.3. The molecule has 2 aliphatic rings. The lowest BCUT2D eigenvalue weighted by molar-refractivity contribution is -0.128. The van der Waals surface area contributed by atoms with Crippen molar-refractivity contribution in [1.29, 1.82) is 0 Å². The monoisotopic (exact) mass is 420 g/mol. The highest BCUT2D eigenvalue weighted by Gasteiger charge is 2.46. The molecular weight excluding hydrogens is 391 g/mol. The summed E-state index contributed by atoms with van der Waals surface area (Å²) in [5.41, 5.74) is 0.434. The van der Waals surface area contributed by atoms with Crippen molar-refractivity contribution in [2.24, 2.45) is 17.3 Å². The third-order valence-corrected chi connectivity index (χ3v) is 6.06. The number of hydrogen-bond donors (Lipinski definition) is 1. The number of nitrogens with one attached hydrogen (secondary N) is 1. The van der Waals surface area contributed by atoms with Gasteiger partial charge in [-0.1, -0.05) is 33.1 Å². The molecule has 0 aliphatic heterocycles. The Hall–Kier alpha value is -0.170. The van der Waals surface area contributed by atoms with E-state index in [9.17, 15) is 9.59 Å². The van der Waals surface area contributed by atoms with Crippen molar-refractivity contribution < 1.29 is 9.59 Å². The van der Waals surface area contributed by atoms with Crippen molar-refractivity contribution >= 4 is 34.6 Å². The number of carbonyl (C=O) groups excluding carboxylic acids is 2. The van der Waals surface area contributed by atoms with Gasteiger partial charge in [0.1, 0.15) is 0 Å². The summed E-state index contributed by atoms with van der Waals surface area (Å²) in [6.45, 7) is 7.49. The summed E-state index contributed by atoms with van der Waals surface area (Å²) in [7, 11) is 0. The molecule has 0 radical (unpaired) electrons. The van der Waals surface area contributed by atoms with Gasteiger partial charge >= 0.3 is 0 Å². The summed E-state index contributed by atoms with van der Waals surface area (Å²) in [5.74, 6) is 1.11. The Kier molecular flexibility index (Phi) is 6.28. The second-order valence-electron chi connectivity index (χ2n) is 7.75. The van der Waals surface area contributed by atoms with E-state index >= 15 is 0 Å². The third-order valence-electron chi connectivity index (χ3n) is 5.33. The Morgan fingerprint density at radius 1 is 1.27 bits per heavy atom. The highest BCUT2D eigenvalue weighted by molar-refractivity contribution is 14.1. The van der Waals surface area contributed by atoms with Gasteiger partial charge in [0.2, 0.25) is 5.91 Å². The molecule has 0 heterocycles. The maximum absolute atomic E-state index is 12.3. The molecule has 22 heavy (non-hydrogen) atoms. The highest BCUT2D eigenvalue weighted by Crippen LogP contribution is 2.52. The number of rotatable bonds is 7. The molecule has 2 saturated carbocycles. The molecule has 2 aliphatic carbocycles. The van der Waals surface area contributed by atoms with Crippen molar-refractivity contribution in [2.45, 2.75) is 65.3 Å². The maximum Gasteiger partial charge on any atom is 0.235 e. The van der Waals surface area contributed by atoms with Crippen LogP contribution in [0.1, 0.15) is 59.3 Å². The molecule has 0 bridgehead atoms. The summed E-state index contributed by atoms with van der Waals surface area (Å²) >= 11 is 2.23. The maximum atomic E-state index is 12.3. The lowest BCUT2D eigenvalue weighted by atomic mass is 9.82. The smallest absolute Gasteiger partial charge is 0.235 e. The summed E-state index contributed by atoms with van der Waals surface area (Å²) in [5, 5.41) is 3.00. The van der Waals surface area contributed by atoms with Gasteiger partial charge in [0.15, 0.2) is 5.78 Å². The van der Waals surface area contributed by atoms with Crippen LogP contribution in [-0.2, 0) is 9.59 Å². The number of halogens is 1. The Morgan fingerprint density at radius 2 is 1.86 bits per heavy atom. The van der Waals surface area contributed by atoms with Crippen LogP contribution in [0.15, 0.2) is 0 Å². The minimum Gasteiger partial charge on any atom is -0.345 e. The van der Waals surface area contributed by atoms with Crippen LogP contribution in [0.4, 0.5) is 0 Å². The van der Waals surface area contributed by atoms with Crippen LogP contribution in [-0.4, -0.2) is 33.9 Å². The molecule has 0 saturated heterocycles. The molecule has 1 amide bonds. The van der Waals surface area contributed by atoms with E-state index in [-0.39, 0.29) is 17.7 Å². The molecule has 4 nitrogen and oxygen atoms in total. The largest absolute Gasteiger partial charge is 0.345 e. The number of Topliss-reactive ketones (excluding diaryl/α,β-unsaturated/α-hetero) is 1. The van der Waals surface area contributed by atoms with E-state index in [1.165, 1.54) is 25.7 Å². The Balaban J connectivity index is 1.79. The van der Waals surface area contributed by atoms with Crippen molar-refractivity contribution in [2.75, 3.05) is 13.1 Å². The van der Waals surface area contributed by atoms with Gasteiger partial charge in [-0.3, -0.25) is 9.59 Å². The minimum atomic E-state index is -0.282. The van der Waals surface area contributed by atoms with E-state index in [1.807, 2.05) is 0 Å². The van der Waals surface area contributed by atoms with E-state index < -0.39 is 0 Å². The first-order chi connectivity index (χ1) is 10.3. The van der Waals surface area contributed by atoms with Crippen LogP contribution >= 0.6 is 22.9 Å². The first-order valence-corrected chi connectivity index (χ1v) is 9.46. The van der Waals surface area contributed by atoms with Gasteiger partial charge < -0.3 is 5.32 Å². The summed E-state index contributed by atoms with van der Waals surface area (Å²) in [6, 6.07) is -0.282. The molecule has 126 valence electrons. The fraction of sp³-hybridized carbons (Fsp3) is 0.882. The predicted octanol–water partition coefficient (Wildman–Crippen LogP) is 3.34. The first kappa shape index (κ1) is 18.2. The molecule has 0 spiro atoms. The topological polar surface area (TPSA) is 49.4 Å². The van der Waals surface area contributed by atoms with Crippen molar-refractivity contribution in [1.82, 2.24) is 8.43 Å². The van der Waals surface area contributed by atoms with Gasteiger partial charge in [0, 0.05) is 29.4 Å². The average Bonchev–Trinajstić information content (AvgIpc) is 3.03. The molecule has 1 N–H and O–H groups in total. The van der Waals surface area contributed by atoms with Crippen LogP contribution in [0.25, 0.3) is 0 Å². The summed E-state index contributed by atoms with van der Waals surface area (Å²) in [4.78, 5) is 24.2. The normalized spacial score (nSPS) is 25.8. The third kappa shape index (κ3) is 5.18. The number of nitrogens with zero attached hydrogens (tertiary/aromatic N) is 1. The quantitative estimate of drug-likeness (QED) is 0.508.